The van der Waals surface area contributed by atoms with E-state index in [-0.39, 0.29) is 30.9 Å². The summed E-state index contributed by atoms with van der Waals surface area (Å²) in [6.45, 7) is 2.83. The summed E-state index contributed by atoms with van der Waals surface area (Å²) >= 11 is 12.3. The number of nitrogens with zero attached hydrogens (tertiary/aromatic N) is 4. The van der Waals surface area contributed by atoms with Crippen molar-refractivity contribution >= 4 is 41.0 Å². The molecule has 11 heteroatoms. The Labute approximate surface area is 233 Å². The highest BCUT2D eigenvalue weighted by molar-refractivity contribution is 6.42. The highest BCUT2D eigenvalue weighted by Crippen LogP contribution is 2.30. The minimum atomic E-state index is -0.644. The zero-order valence-corrected chi connectivity index (χ0v) is 23.3. The van der Waals surface area contributed by atoms with Gasteiger partial charge in [0.1, 0.15) is 18.0 Å². The lowest BCUT2D eigenvalue weighted by Crippen LogP contribution is -2.75. The van der Waals surface area contributed by atoms with E-state index in [0.29, 0.717) is 29.6 Å². The number of piperazine rings is 1. The van der Waals surface area contributed by atoms with Crippen LogP contribution < -0.4 is 10.1 Å². The summed E-state index contributed by atoms with van der Waals surface area (Å²) in [4.78, 5) is 43.7. The van der Waals surface area contributed by atoms with Crippen molar-refractivity contribution in [1.29, 1.82) is 0 Å². The number of hydrazine groups is 1. The third kappa shape index (κ3) is 6.00. The molecule has 0 unspecified atom stereocenters. The molecule has 0 radical (unpaired) electrons. The number of urea groups is 1. The van der Waals surface area contributed by atoms with E-state index in [1.807, 2.05) is 37.3 Å². The van der Waals surface area contributed by atoms with Crippen LogP contribution in [0.25, 0.3) is 0 Å². The molecule has 1 N–H and O–H groups in total. The lowest BCUT2D eigenvalue weighted by Gasteiger charge is -2.54. The first kappa shape index (κ1) is 28.0. The average molecular weight is 562 g/mol. The van der Waals surface area contributed by atoms with E-state index in [4.69, 9.17) is 27.9 Å². The fourth-order valence-electron chi connectivity index (χ4n) is 4.98. The molecule has 0 aliphatic carbocycles. The molecule has 204 valence electrons. The Morgan fingerprint density at radius 2 is 1.79 bits per heavy atom. The Morgan fingerprint density at radius 1 is 1.08 bits per heavy atom. The first-order chi connectivity index (χ1) is 18.2. The van der Waals surface area contributed by atoms with Crippen molar-refractivity contribution in [2.24, 2.45) is 0 Å². The molecule has 2 saturated heterocycles. The summed E-state index contributed by atoms with van der Waals surface area (Å²) in [5.74, 6) is 0.440. The number of ether oxygens (including phenoxy) is 1. The molecule has 2 aromatic rings. The number of amides is 4. The van der Waals surface area contributed by atoms with Crippen LogP contribution in [0.4, 0.5) is 4.79 Å². The molecular weight excluding hydrogens is 529 g/mol. The zero-order chi connectivity index (χ0) is 27.4. The van der Waals surface area contributed by atoms with Crippen LogP contribution in [-0.2, 0) is 22.7 Å². The predicted molar refractivity (Wildman–Crippen MR) is 146 cm³/mol. The summed E-state index contributed by atoms with van der Waals surface area (Å²) in [5.41, 5.74) is 1.73. The van der Waals surface area contributed by atoms with E-state index >= 15 is 0 Å². The Kier molecular flexibility index (Phi) is 9.02. The number of nitrogens with one attached hydrogen (secondary N) is 1. The Morgan fingerprint density at radius 3 is 2.45 bits per heavy atom. The second-order valence-corrected chi connectivity index (χ2v) is 10.4. The smallest absolute Gasteiger partial charge is 0.334 e. The molecule has 2 aliphatic rings. The second kappa shape index (κ2) is 12.2. The molecule has 9 nitrogen and oxygen atoms in total. The number of benzene rings is 2. The van der Waals surface area contributed by atoms with Gasteiger partial charge in [0, 0.05) is 20.1 Å². The maximum atomic E-state index is 13.6. The largest absolute Gasteiger partial charge is 0.497 e. The topological polar surface area (TPSA) is 85.4 Å². The molecule has 2 aliphatic heterocycles. The van der Waals surface area contributed by atoms with Crippen LogP contribution in [0, 0.1) is 0 Å². The van der Waals surface area contributed by atoms with Gasteiger partial charge in [-0.25, -0.2) is 14.8 Å². The first-order valence-corrected chi connectivity index (χ1v) is 13.4. The van der Waals surface area contributed by atoms with E-state index in [9.17, 15) is 14.4 Å². The van der Waals surface area contributed by atoms with Crippen LogP contribution in [-0.4, -0.2) is 77.1 Å². The number of hydrogen-bond donors (Lipinski definition) is 1. The molecule has 0 aromatic heterocycles. The van der Waals surface area contributed by atoms with Gasteiger partial charge < -0.3 is 19.9 Å². The van der Waals surface area contributed by atoms with Gasteiger partial charge in [-0.1, -0.05) is 61.2 Å². The van der Waals surface area contributed by atoms with Crippen molar-refractivity contribution in [2.75, 3.05) is 27.2 Å². The van der Waals surface area contributed by atoms with Gasteiger partial charge in [0.2, 0.25) is 11.8 Å². The number of fused-ring (bicyclic) bond motifs is 1. The molecule has 4 amide bonds. The van der Waals surface area contributed by atoms with Crippen molar-refractivity contribution < 1.29 is 19.1 Å². The van der Waals surface area contributed by atoms with Gasteiger partial charge in [-0.2, -0.15) is 0 Å². The summed E-state index contributed by atoms with van der Waals surface area (Å²) in [6.07, 6.45) is 1.56. The maximum absolute atomic E-state index is 13.6. The maximum Gasteiger partial charge on any atom is 0.334 e. The van der Waals surface area contributed by atoms with Crippen molar-refractivity contribution in [3.8, 4) is 5.75 Å². The molecule has 2 atom stereocenters. The number of likely N-dealkylation sites (N-methyl/N-ethyl adjacent to an activating group) is 1. The van der Waals surface area contributed by atoms with Crippen LogP contribution in [0.5, 0.6) is 5.75 Å². The van der Waals surface area contributed by atoms with E-state index in [1.54, 1.807) is 46.1 Å². The van der Waals surface area contributed by atoms with Crippen LogP contribution in [0.2, 0.25) is 10.0 Å². The van der Waals surface area contributed by atoms with Gasteiger partial charge in [-0.05, 0) is 41.8 Å². The van der Waals surface area contributed by atoms with Gasteiger partial charge in [-0.3, -0.25) is 9.59 Å². The lowest BCUT2D eigenvalue weighted by atomic mass is 10.0. The number of unbranched alkanes of at least 4 members (excludes halogenated alkanes) is 1. The molecular formula is C27H33Cl2N5O4. The van der Waals surface area contributed by atoms with Gasteiger partial charge in [-0.15, -0.1) is 0 Å². The molecule has 0 spiro atoms. The van der Waals surface area contributed by atoms with Crippen molar-refractivity contribution in [1.82, 2.24) is 25.1 Å². The van der Waals surface area contributed by atoms with Crippen molar-refractivity contribution in [2.45, 2.75) is 51.5 Å². The summed E-state index contributed by atoms with van der Waals surface area (Å²) < 4.78 is 5.20. The summed E-state index contributed by atoms with van der Waals surface area (Å²) in [5, 5.41) is 6.98. The number of methoxy groups -OCH3 is 1. The Hall–Kier alpha value is -3.01. The van der Waals surface area contributed by atoms with E-state index in [0.717, 1.165) is 29.7 Å². The number of carbonyl (C=O) groups is 3. The van der Waals surface area contributed by atoms with Gasteiger partial charge in [0.25, 0.3) is 0 Å². The number of halogens is 2. The SMILES string of the molecule is CCCC[C@H]1C(=O)N(Cc2ccc(Cl)c(Cl)c2)C[C@H]2N1C(=O)CN(C)N2C(=O)NCc1ccc(OC)cc1. The van der Waals surface area contributed by atoms with Crippen LogP contribution in [0.15, 0.2) is 42.5 Å². The van der Waals surface area contributed by atoms with E-state index in [1.165, 1.54) is 0 Å². The lowest BCUT2D eigenvalue weighted by molar-refractivity contribution is -0.188. The van der Waals surface area contributed by atoms with E-state index in [2.05, 4.69) is 5.32 Å². The van der Waals surface area contributed by atoms with Crippen molar-refractivity contribution in [3.05, 3.63) is 63.6 Å². The van der Waals surface area contributed by atoms with Gasteiger partial charge in [0.15, 0.2) is 0 Å². The summed E-state index contributed by atoms with van der Waals surface area (Å²) in [7, 11) is 3.31. The fraction of sp³-hybridized carbons (Fsp3) is 0.444. The predicted octanol–water partition coefficient (Wildman–Crippen LogP) is 4.13. The third-order valence-corrected chi connectivity index (χ3v) is 7.68. The minimum Gasteiger partial charge on any atom is -0.497 e. The minimum absolute atomic E-state index is 0.00908. The first-order valence-electron chi connectivity index (χ1n) is 12.7. The van der Waals surface area contributed by atoms with Crippen LogP contribution in [0.1, 0.15) is 37.3 Å². The zero-order valence-electron chi connectivity index (χ0n) is 21.8. The molecule has 2 aromatic carbocycles. The Balaban J connectivity index is 1.58. The highest BCUT2D eigenvalue weighted by atomic mass is 35.5. The number of carbonyl (C=O) groups excluding carboxylic acids is 3. The summed E-state index contributed by atoms with van der Waals surface area (Å²) in [6, 6.07) is 11.7. The standard InChI is InChI=1S/C27H33Cl2N5O4/c1-4-5-6-23-26(36)32(15-19-9-12-21(28)22(29)13-19)16-24-33(23)25(35)17-31(2)34(24)27(37)30-14-18-7-10-20(38-3)11-8-18/h7-13,23-24H,4-6,14-17H2,1-3H3,(H,30,37)/t23-,24-/m0/s1. The Bertz CT molecular complexity index is 1180. The van der Waals surface area contributed by atoms with E-state index < -0.39 is 12.2 Å². The number of rotatable bonds is 8. The normalized spacial score (nSPS) is 20.0. The fourth-order valence-corrected chi connectivity index (χ4v) is 5.30. The second-order valence-electron chi connectivity index (χ2n) is 9.57. The average Bonchev–Trinajstić information content (AvgIpc) is 2.90. The van der Waals surface area contributed by atoms with Gasteiger partial charge in [0.05, 0.1) is 30.2 Å². The highest BCUT2D eigenvalue weighted by Gasteiger charge is 2.50. The number of hydrogen-bond acceptors (Lipinski definition) is 5. The van der Waals surface area contributed by atoms with Crippen molar-refractivity contribution in [3.63, 3.8) is 0 Å². The quantitative estimate of drug-likeness (QED) is 0.523. The van der Waals surface area contributed by atoms with Crippen LogP contribution >= 0.6 is 23.2 Å². The molecule has 0 saturated carbocycles. The monoisotopic (exact) mass is 561 g/mol. The third-order valence-electron chi connectivity index (χ3n) is 6.94. The van der Waals surface area contributed by atoms with Crippen LogP contribution in [0.3, 0.4) is 0 Å². The molecule has 38 heavy (non-hydrogen) atoms. The van der Waals surface area contributed by atoms with Gasteiger partial charge >= 0.3 is 6.03 Å². The molecule has 4 rings (SSSR count). The molecule has 0 bridgehead atoms. The molecule has 2 heterocycles. The molecule has 2 fully saturated rings.